The van der Waals surface area contributed by atoms with Gasteiger partial charge < -0.3 is 19.9 Å². The maximum absolute atomic E-state index is 13.8. The van der Waals surface area contributed by atoms with E-state index in [1.54, 1.807) is 23.8 Å². The maximum atomic E-state index is 13.8. The predicted octanol–water partition coefficient (Wildman–Crippen LogP) is 3.37. The Labute approximate surface area is 235 Å². The van der Waals surface area contributed by atoms with E-state index in [9.17, 15) is 19.2 Å². The topological polar surface area (TPSA) is 99.3 Å². The SMILES string of the molecule is COC(=O)C1CCCCN1C(=O)/C(C)=C/C(C(C)C)N(C)C(=O)[C@@H](NC(=O)[C@H]1CCCCN1C(C)C)C(C)C. The van der Waals surface area contributed by atoms with Crippen LogP contribution in [0.25, 0.3) is 0 Å². The van der Waals surface area contributed by atoms with Crippen molar-refractivity contribution in [3.8, 4) is 0 Å². The lowest BCUT2D eigenvalue weighted by Gasteiger charge is -2.39. The average Bonchev–Trinajstić information content (AvgIpc) is 2.92. The fourth-order valence-corrected chi connectivity index (χ4v) is 5.84. The number of carbonyl (C=O) groups is 4. The van der Waals surface area contributed by atoms with Gasteiger partial charge in [-0.3, -0.25) is 19.3 Å². The molecule has 9 nitrogen and oxygen atoms in total. The minimum Gasteiger partial charge on any atom is -0.467 e. The third kappa shape index (κ3) is 8.29. The molecular formula is C30H52N4O5. The Hall–Kier alpha value is -2.42. The van der Waals surface area contributed by atoms with E-state index in [0.717, 1.165) is 38.6 Å². The first-order chi connectivity index (χ1) is 18.3. The summed E-state index contributed by atoms with van der Waals surface area (Å²) in [7, 11) is 3.08. The first-order valence-electron chi connectivity index (χ1n) is 14.7. The lowest BCUT2D eigenvalue weighted by Crippen LogP contribution is -2.58. The molecule has 2 aliphatic rings. The van der Waals surface area contributed by atoms with Crippen molar-refractivity contribution >= 4 is 23.7 Å². The number of rotatable bonds is 10. The molecule has 0 bridgehead atoms. The van der Waals surface area contributed by atoms with Crippen molar-refractivity contribution in [1.82, 2.24) is 20.0 Å². The van der Waals surface area contributed by atoms with Crippen LogP contribution in [0.5, 0.6) is 0 Å². The van der Waals surface area contributed by atoms with Gasteiger partial charge in [-0.1, -0.05) is 40.2 Å². The van der Waals surface area contributed by atoms with Crippen molar-refractivity contribution in [2.45, 2.75) is 117 Å². The van der Waals surface area contributed by atoms with Gasteiger partial charge in [0.15, 0.2) is 0 Å². The van der Waals surface area contributed by atoms with E-state index < -0.39 is 18.1 Å². The Morgan fingerprint density at radius 2 is 1.49 bits per heavy atom. The van der Waals surface area contributed by atoms with Crippen LogP contribution < -0.4 is 5.32 Å². The number of likely N-dealkylation sites (tertiary alicyclic amines) is 2. The molecule has 0 aliphatic carbocycles. The van der Waals surface area contributed by atoms with Crippen LogP contribution in [0.3, 0.4) is 0 Å². The molecule has 2 heterocycles. The zero-order valence-corrected chi connectivity index (χ0v) is 25.7. The molecule has 0 aromatic rings. The summed E-state index contributed by atoms with van der Waals surface area (Å²) < 4.78 is 4.94. The highest BCUT2D eigenvalue weighted by Gasteiger charge is 2.37. The number of amides is 3. The van der Waals surface area contributed by atoms with Gasteiger partial charge in [0.25, 0.3) is 0 Å². The monoisotopic (exact) mass is 548 g/mol. The second kappa shape index (κ2) is 14.8. The summed E-state index contributed by atoms with van der Waals surface area (Å²) in [5.74, 6) is -0.951. The van der Waals surface area contributed by atoms with Gasteiger partial charge in [0.1, 0.15) is 12.1 Å². The molecule has 2 fully saturated rings. The van der Waals surface area contributed by atoms with Crippen LogP contribution in [-0.2, 0) is 23.9 Å². The van der Waals surface area contributed by atoms with E-state index in [2.05, 4.69) is 24.1 Å². The van der Waals surface area contributed by atoms with Crippen LogP contribution in [-0.4, -0.2) is 95.8 Å². The normalized spacial score (nSPS) is 22.6. The first-order valence-corrected chi connectivity index (χ1v) is 14.7. The smallest absolute Gasteiger partial charge is 0.328 e. The summed E-state index contributed by atoms with van der Waals surface area (Å²) in [6.45, 7) is 15.2. The molecule has 9 heteroatoms. The van der Waals surface area contributed by atoms with E-state index in [0.29, 0.717) is 18.5 Å². The maximum Gasteiger partial charge on any atom is 0.328 e. The lowest BCUT2D eigenvalue weighted by atomic mass is 9.95. The number of likely N-dealkylation sites (N-methyl/N-ethyl adjacent to an activating group) is 1. The molecule has 2 rings (SSSR count). The van der Waals surface area contributed by atoms with Crippen molar-refractivity contribution in [2.75, 3.05) is 27.2 Å². The number of nitrogens with one attached hydrogen (secondary N) is 1. The molecule has 1 N–H and O–H groups in total. The fraction of sp³-hybridized carbons (Fsp3) is 0.800. The Balaban J connectivity index is 2.23. The highest BCUT2D eigenvalue weighted by molar-refractivity contribution is 5.96. The number of hydrogen-bond donors (Lipinski definition) is 1. The van der Waals surface area contributed by atoms with Crippen LogP contribution in [0.4, 0.5) is 0 Å². The van der Waals surface area contributed by atoms with Crippen LogP contribution in [0.1, 0.15) is 87.0 Å². The molecule has 0 radical (unpaired) electrons. The largest absolute Gasteiger partial charge is 0.467 e. The van der Waals surface area contributed by atoms with Crippen molar-refractivity contribution in [3.63, 3.8) is 0 Å². The molecule has 2 aliphatic heterocycles. The molecule has 39 heavy (non-hydrogen) atoms. The second-order valence-corrected chi connectivity index (χ2v) is 12.1. The molecule has 4 atom stereocenters. The van der Waals surface area contributed by atoms with Crippen LogP contribution in [0, 0.1) is 11.8 Å². The number of piperidine rings is 2. The number of hydrogen-bond acceptors (Lipinski definition) is 6. The molecule has 3 amide bonds. The summed E-state index contributed by atoms with van der Waals surface area (Å²) in [5, 5.41) is 3.08. The van der Waals surface area contributed by atoms with E-state index >= 15 is 0 Å². The highest BCUT2D eigenvalue weighted by Crippen LogP contribution is 2.23. The molecule has 0 aromatic heterocycles. The van der Waals surface area contributed by atoms with E-state index in [-0.39, 0.29) is 47.7 Å². The first kappa shape index (κ1) is 32.8. The molecule has 0 saturated carbocycles. The van der Waals surface area contributed by atoms with Gasteiger partial charge in [0, 0.05) is 25.2 Å². The summed E-state index contributed by atoms with van der Waals surface area (Å²) in [6.07, 6.45) is 7.00. The zero-order valence-electron chi connectivity index (χ0n) is 25.7. The molecule has 222 valence electrons. The van der Waals surface area contributed by atoms with E-state index in [1.165, 1.54) is 7.11 Å². The molecular weight excluding hydrogens is 496 g/mol. The fourth-order valence-electron chi connectivity index (χ4n) is 5.84. The third-order valence-corrected chi connectivity index (χ3v) is 8.21. The van der Waals surface area contributed by atoms with Gasteiger partial charge in [-0.25, -0.2) is 4.79 Å². The summed E-state index contributed by atoms with van der Waals surface area (Å²) >= 11 is 0. The van der Waals surface area contributed by atoms with Gasteiger partial charge in [0.05, 0.1) is 19.2 Å². The van der Waals surface area contributed by atoms with Crippen molar-refractivity contribution in [1.29, 1.82) is 0 Å². The Bertz CT molecular complexity index is 900. The van der Waals surface area contributed by atoms with E-state index in [4.69, 9.17) is 4.74 Å². The minimum atomic E-state index is -0.671. The Kier molecular flexibility index (Phi) is 12.5. The van der Waals surface area contributed by atoms with Gasteiger partial charge >= 0.3 is 5.97 Å². The lowest BCUT2D eigenvalue weighted by molar-refractivity contribution is -0.153. The molecule has 0 aromatic carbocycles. The van der Waals surface area contributed by atoms with Crippen molar-refractivity contribution < 1.29 is 23.9 Å². The Morgan fingerprint density at radius 3 is 2.03 bits per heavy atom. The number of esters is 1. The summed E-state index contributed by atoms with van der Waals surface area (Å²) in [6, 6.07) is -1.59. The third-order valence-electron chi connectivity index (χ3n) is 8.21. The average molecular weight is 549 g/mol. The molecule has 2 unspecified atom stereocenters. The molecule has 0 spiro atoms. The van der Waals surface area contributed by atoms with Crippen LogP contribution >= 0.6 is 0 Å². The highest BCUT2D eigenvalue weighted by atomic mass is 16.5. The van der Waals surface area contributed by atoms with Crippen molar-refractivity contribution in [3.05, 3.63) is 11.6 Å². The van der Waals surface area contributed by atoms with Crippen molar-refractivity contribution in [2.24, 2.45) is 11.8 Å². The number of nitrogens with zero attached hydrogens (tertiary/aromatic N) is 3. The number of methoxy groups -OCH3 is 1. The number of ether oxygens (including phenoxy) is 1. The van der Waals surface area contributed by atoms with Crippen LogP contribution in [0.2, 0.25) is 0 Å². The van der Waals surface area contributed by atoms with Crippen LogP contribution in [0.15, 0.2) is 11.6 Å². The summed E-state index contributed by atoms with van der Waals surface area (Å²) in [5.41, 5.74) is 0.490. The van der Waals surface area contributed by atoms with Gasteiger partial charge in [-0.2, -0.15) is 0 Å². The second-order valence-electron chi connectivity index (χ2n) is 12.1. The van der Waals surface area contributed by atoms with Gasteiger partial charge in [-0.05, 0) is 71.3 Å². The van der Waals surface area contributed by atoms with Gasteiger partial charge in [-0.15, -0.1) is 0 Å². The summed E-state index contributed by atoms with van der Waals surface area (Å²) in [4.78, 5) is 58.4. The Morgan fingerprint density at radius 1 is 0.897 bits per heavy atom. The molecule has 2 saturated heterocycles. The standard InChI is InChI=1S/C30H52N4O5/c1-19(2)25(18-22(7)28(36)34-17-13-11-15-24(34)30(38)39-9)32(8)29(37)26(20(3)4)31-27(35)23-14-10-12-16-33(23)21(5)6/h18-21,23-26H,10-17H2,1-9H3,(H,31,35)/b22-18+/t23-,24?,25?,26+/m1/s1. The van der Waals surface area contributed by atoms with Gasteiger partial charge in [0.2, 0.25) is 17.7 Å². The zero-order chi connectivity index (χ0) is 29.4. The minimum absolute atomic E-state index is 0.0257. The predicted molar refractivity (Wildman–Crippen MR) is 153 cm³/mol. The quantitative estimate of drug-likeness (QED) is 0.332. The number of carbonyl (C=O) groups excluding carboxylic acids is 4. The van der Waals surface area contributed by atoms with E-state index in [1.807, 2.05) is 33.8 Å².